The van der Waals surface area contributed by atoms with Crippen LogP contribution in [0.2, 0.25) is 0 Å². The van der Waals surface area contributed by atoms with Crippen LogP contribution in [0.3, 0.4) is 0 Å². The molecule has 1 fully saturated rings. The minimum absolute atomic E-state index is 0.183. The highest BCUT2D eigenvalue weighted by Gasteiger charge is 2.31. The Morgan fingerprint density at radius 2 is 2.00 bits per heavy atom. The number of benzene rings is 1. The maximum absolute atomic E-state index is 12.5. The molecule has 1 aromatic rings. The van der Waals surface area contributed by atoms with E-state index in [2.05, 4.69) is 0 Å². The van der Waals surface area contributed by atoms with Gasteiger partial charge >= 0.3 is 6.18 Å². The number of hydrogen-bond donors (Lipinski definition) is 1. The second-order valence-electron chi connectivity index (χ2n) is 4.60. The third-order valence-electron chi connectivity index (χ3n) is 3.00. The zero-order chi connectivity index (χ0) is 12.6. The molecule has 5 heteroatoms. The molecule has 1 saturated carbocycles. The molecule has 94 valence electrons. The molecule has 0 aromatic heterocycles. The Kier molecular flexibility index (Phi) is 2.93. The normalized spacial score (nSPS) is 16.0. The average Bonchev–Trinajstić information content (AvgIpc) is 2.99. The van der Waals surface area contributed by atoms with Crippen LogP contribution in [0.1, 0.15) is 18.4 Å². The molecule has 1 aliphatic carbocycles. The first-order valence-electron chi connectivity index (χ1n) is 5.56. The smallest absolute Gasteiger partial charge is 0.397 e. The van der Waals surface area contributed by atoms with Crippen LogP contribution in [0.25, 0.3) is 0 Å². The molecule has 0 radical (unpaired) electrons. The van der Waals surface area contributed by atoms with Gasteiger partial charge in [0.1, 0.15) is 0 Å². The van der Waals surface area contributed by atoms with Crippen LogP contribution < -0.4 is 10.6 Å². The fourth-order valence-electron chi connectivity index (χ4n) is 1.86. The minimum Gasteiger partial charge on any atom is -0.397 e. The van der Waals surface area contributed by atoms with E-state index in [0.717, 1.165) is 18.7 Å². The van der Waals surface area contributed by atoms with Crippen molar-refractivity contribution >= 4 is 11.4 Å². The molecule has 17 heavy (non-hydrogen) atoms. The lowest BCUT2D eigenvalue weighted by molar-refractivity contribution is -0.137. The van der Waals surface area contributed by atoms with Gasteiger partial charge in [0.15, 0.2) is 0 Å². The predicted molar refractivity (Wildman–Crippen MR) is 61.9 cm³/mol. The summed E-state index contributed by atoms with van der Waals surface area (Å²) >= 11 is 0. The van der Waals surface area contributed by atoms with Gasteiger partial charge in [0.2, 0.25) is 0 Å². The largest absolute Gasteiger partial charge is 0.416 e. The third-order valence-corrected chi connectivity index (χ3v) is 3.00. The molecule has 0 saturated heterocycles. The van der Waals surface area contributed by atoms with Gasteiger partial charge in [-0.05, 0) is 37.0 Å². The highest BCUT2D eigenvalue weighted by atomic mass is 19.4. The van der Waals surface area contributed by atoms with E-state index in [1.807, 2.05) is 11.9 Å². The van der Waals surface area contributed by atoms with E-state index >= 15 is 0 Å². The number of nitrogens with two attached hydrogens (primary N) is 1. The van der Waals surface area contributed by atoms with Gasteiger partial charge in [-0.15, -0.1) is 0 Å². The Morgan fingerprint density at radius 3 is 2.47 bits per heavy atom. The van der Waals surface area contributed by atoms with Gasteiger partial charge in [0, 0.05) is 13.6 Å². The van der Waals surface area contributed by atoms with Crippen molar-refractivity contribution in [2.45, 2.75) is 19.0 Å². The number of halogens is 3. The number of nitrogens with zero attached hydrogens (tertiary/aromatic N) is 1. The predicted octanol–water partition coefficient (Wildman–Crippen LogP) is 3.13. The monoisotopic (exact) mass is 244 g/mol. The molecule has 0 unspecified atom stereocenters. The molecular formula is C12H15F3N2. The molecule has 0 spiro atoms. The zero-order valence-electron chi connectivity index (χ0n) is 9.59. The van der Waals surface area contributed by atoms with Gasteiger partial charge in [-0.3, -0.25) is 0 Å². The van der Waals surface area contributed by atoms with Crippen molar-refractivity contribution in [2.24, 2.45) is 5.92 Å². The molecule has 0 aliphatic heterocycles. The first-order valence-corrected chi connectivity index (χ1v) is 5.56. The summed E-state index contributed by atoms with van der Waals surface area (Å²) in [4.78, 5) is 1.92. The molecule has 0 heterocycles. The Morgan fingerprint density at radius 1 is 1.35 bits per heavy atom. The molecule has 0 atom stereocenters. The van der Waals surface area contributed by atoms with E-state index in [4.69, 9.17) is 5.73 Å². The van der Waals surface area contributed by atoms with Crippen LogP contribution in [0, 0.1) is 5.92 Å². The fraction of sp³-hybridized carbons (Fsp3) is 0.500. The maximum Gasteiger partial charge on any atom is 0.416 e. The highest BCUT2D eigenvalue weighted by Crippen LogP contribution is 2.35. The second kappa shape index (κ2) is 4.13. The van der Waals surface area contributed by atoms with E-state index in [9.17, 15) is 13.2 Å². The standard InChI is InChI=1S/C12H15F3N2/c1-17(7-8-2-3-8)11-5-4-9(6-10(11)16)12(13,14)15/h4-6,8H,2-3,7,16H2,1H3. The summed E-state index contributed by atoms with van der Waals surface area (Å²) in [6.07, 6.45) is -1.93. The van der Waals surface area contributed by atoms with Crippen molar-refractivity contribution in [3.8, 4) is 0 Å². The minimum atomic E-state index is -4.33. The summed E-state index contributed by atoms with van der Waals surface area (Å²) in [5.41, 5.74) is 5.83. The van der Waals surface area contributed by atoms with E-state index in [0.29, 0.717) is 11.6 Å². The average molecular weight is 244 g/mol. The van der Waals surface area contributed by atoms with E-state index in [1.165, 1.54) is 18.9 Å². The molecule has 1 aliphatic rings. The summed E-state index contributed by atoms with van der Waals surface area (Å²) in [6, 6.07) is 3.52. The molecule has 0 amide bonds. The summed E-state index contributed by atoms with van der Waals surface area (Å²) in [7, 11) is 1.86. The van der Waals surface area contributed by atoms with Crippen molar-refractivity contribution in [1.82, 2.24) is 0 Å². The van der Waals surface area contributed by atoms with Gasteiger partial charge < -0.3 is 10.6 Å². The maximum atomic E-state index is 12.5. The van der Waals surface area contributed by atoms with Crippen LogP contribution in [0.5, 0.6) is 0 Å². The molecule has 2 nitrogen and oxygen atoms in total. The summed E-state index contributed by atoms with van der Waals surface area (Å²) < 4.78 is 37.4. The van der Waals surface area contributed by atoms with Gasteiger partial charge in [0.05, 0.1) is 16.9 Å². The first-order chi connectivity index (χ1) is 7.88. The van der Waals surface area contributed by atoms with Gasteiger partial charge in [0.25, 0.3) is 0 Å². The molecule has 1 aromatic carbocycles. The van der Waals surface area contributed by atoms with Gasteiger partial charge in [-0.25, -0.2) is 0 Å². The summed E-state index contributed by atoms with van der Waals surface area (Å²) in [5, 5.41) is 0. The fourth-order valence-corrected chi connectivity index (χ4v) is 1.86. The topological polar surface area (TPSA) is 29.3 Å². The van der Waals surface area contributed by atoms with E-state index in [1.54, 1.807) is 0 Å². The number of hydrogen-bond acceptors (Lipinski definition) is 2. The molecule has 2 N–H and O–H groups in total. The van der Waals surface area contributed by atoms with Crippen molar-refractivity contribution in [3.05, 3.63) is 23.8 Å². The zero-order valence-corrected chi connectivity index (χ0v) is 9.59. The lowest BCUT2D eigenvalue weighted by atomic mass is 10.1. The number of alkyl halides is 3. The van der Waals surface area contributed by atoms with Crippen LogP contribution in [0.4, 0.5) is 24.5 Å². The quantitative estimate of drug-likeness (QED) is 0.828. The molecular weight excluding hydrogens is 229 g/mol. The molecule has 0 bridgehead atoms. The molecule has 2 rings (SSSR count). The second-order valence-corrected chi connectivity index (χ2v) is 4.60. The Balaban J connectivity index is 2.18. The first kappa shape index (κ1) is 12.1. The number of anilines is 2. The van der Waals surface area contributed by atoms with E-state index in [-0.39, 0.29) is 5.69 Å². The van der Waals surface area contributed by atoms with Crippen molar-refractivity contribution in [2.75, 3.05) is 24.2 Å². The summed E-state index contributed by atoms with van der Waals surface area (Å²) in [6.45, 7) is 0.857. The van der Waals surface area contributed by atoms with E-state index < -0.39 is 11.7 Å². The number of nitrogen functional groups attached to an aromatic ring is 1. The van der Waals surface area contributed by atoms with Gasteiger partial charge in [-0.2, -0.15) is 13.2 Å². The van der Waals surface area contributed by atoms with Crippen LogP contribution in [0.15, 0.2) is 18.2 Å². The highest BCUT2D eigenvalue weighted by molar-refractivity contribution is 5.68. The number of rotatable bonds is 3. The van der Waals surface area contributed by atoms with Crippen molar-refractivity contribution in [1.29, 1.82) is 0 Å². The summed E-state index contributed by atoms with van der Waals surface area (Å²) in [5.74, 6) is 0.668. The van der Waals surface area contributed by atoms with Crippen molar-refractivity contribution < 1.29 is 13.2 Å². The van der Waals surface area contributed by atoms with Crippen LogP contribution >= 0.6 is 0 Å². The lowest BCUT2D eigenvalue weighted by Crippen LogP contribution is -2.21. The van der Waals surface area contributed by atoms with Crippen molar-refractivity contribution in [3.63, 3.8) is 0 Å². The Hall–Kier alpha value is -1.39. The third kappa shape index (κ3) is 2.84. The Labute approximate surface area is 98.2 Å². The SMILES string of the molecule is CN(CC1CC1)c1ccc(C(F)(F)F)cc1N. The Bertz CT molecular complexity index is 411. The van der Waals surface area contributed by atoms with Crippen LogP contribution in [-0.2, 0) is 6.18 Å². The lowest BCUT2D eigenvalue weighted by Gasteiger charge is -2.21. The van der Waals surface area contributed by atoms with Gasteiger partial charge in [-0.1, -0.05) is 0 Å². The van der Waals surface area contributed by atoms with Crippen LogP contribution in [-0.4, -0.2) is 13.6 Å².